The standard InChI is InChI=1S/C22H29NO2.C7H14N2O2/c1-4-22(12-13-23-17(3)18-8-6-5-7-9-18)15-25-21-16(2)19(14-24)10-11-20(21)22;1-9(2)6(7(8)11)4-3-5-10/h5-6,8,10-11,14,17,23H,4,7,9,12-13,15H2,1-3H3;5-6H,3-4H2,1-2H3,(H2,8,11). The summed E-state index contributed by atoms with van der Waals surface area (Å²) in [6.45, 7) is 8.15. The van der Waals surface area contributed by atoms with Gasteiger partial charge in [0.1, 0.15) is 18.3 Å². The number of fused-ring (bicyclic) bond motifs is 1. The molecule has 1 amide bonds. The van der Waals surface area contributed by atoms with E-state index in [1.54, 1.807) is 19.0 Å². The molecule has 0 aromatic heterocycles. The van der Waals surface area contributed by atoms with Crippen molar-refractivity contribution in [2.75, 3.05) is 27.2 Å². The molecule has 2 aliphatic rings. The molecule has 1 aromatic rings. The maximum atomic E-state index is 11.2. The van der Waals surface area contributed by atoms with E-state index in [9.17, 15) is 14.4 Å². The first-order valence-corrected chi connectivity index (χ1v) is 12.9. The molecule has 3 N–H and O–H groups in total. The molecule has 0 fully saturated rings. The van der Waals surface area contributed by atoms with Gasteiger partial charge in [0.05, 0.1) is 12.6 Å². The number of amides is 1. The van der Waals surface area contributed by atoms with Crippen LogP contribution >= 0.6 is 0 Å². The maximum Gasteiger partial charge on any atom is 0.234 e. The van der Waals surface area contributed by atoms with Crippen LogP contribution in [0.15, 0.2) is 35.9 Å². The van der Waals surface area contributed by atoms with E-state index in [2.05, 4.69) is 43.5 Å². The van der Waals surface area contributed by atoms with Crippen molar-refractivity contribution in [2.24, 2.45) is 5.73 Å². The van der Waals surface area contributed by atoms with E-state index in [-0.39, 0.29) is 17.4 Å². The Bertz CT molecular complexity index is 970. The van der Waals surface area contributed by atoms with Crippen LogP contribution in [0.25, 0.3) is 0 Å². The van der Waals surface area contributed by atoms with Crippen LogP contribution < -0.4 is 15.8 Å². The fraction of sp³-hybridized carbons (Fsp3) is 0.552. The van der Waals surface area contributed by atoms with Gasteiger partial charge in [0.15, 0.2) is 0 Å². The zero-order valence-corrected chi connectivity index (χ0v) is 22.5. The quantitative estimate of drug-likeness (QED) is 0.425. The van der Waals surface area contributed by atoms with Gasteiger partial charge in [-0.1, -0.05) is 42.9 Å². The number of primary amides is 1. The van der Waals surface area contributed by atoms with E-state index in [0.29, 0.717) is 25.5 Å². The van der Waals surface area contributed by atoms with Crippen LogP contribution in [0.1, 0.15) is 73.9 Å². The summed E-state index contributed by atoms with van der Waals surface area (Å²) in [5.41, 5.74) is 9.60. The van der Waals surface area contributed by atoms with E-state index >= 15 is 0 Å². The average Bonchev–Trinajstić information content (AvgIpc) is 3.24. The largest absolute Gasteiger partial charge is 0.492 e. The Labute approximate surface area is 216 Å². The molecular weight excluding hydrogens is 454 g/mol. The number of hydrogen-bond donors (Lipinski definition) is 2. The van der Waals surface area contributed by atoms with Gasteiger partial charge >= 0.3 is 0 Å². The van der Waals surface area contributed by atoms with E-state index in [0.717, 1.165) is 61.7 Å². The van der Waals surface area contributed by atoms with E-state index in [1.807, 2.05) is 13.0 Å². The number of carbonyl (C=O) groups is 3. The lowest BCUT2D eigenvalue weighted by molar-refractivity contribution is -0.122. The third kappa shape index (κ3) is 7.37. The maximum absolute atomic E-state index is 11.2. The number of allylic oxidation sites excluding steroid dienone is 3. The van der Waals surface area contributed by atoms with Gasteiger partial charge < -0.3 is 20.6 Å². The van der Waals surface area contributed by atoms with Crippen LogP contribution in [-0.4, -0.2) is 62.7 Å². The van der Waals surface area contributed by atoms with Gasteiger partial charge in [-0.2, -0.15) is 0 Å². The summed E-state index contributed by atoms with van der Waals surface area (Å²) in [5, 5.41) is 3.69. The topological polar surface area (TPSA) is 102 Å². The Morgan fingerprint density at radius 2 is 2.06 bits per heavy atom. The number of nitrogens with zero attached hydrogens (tertiary/aromatic N) is 1. The highest BCUT2D eigenvalue weighted by Crippen LogP contribution is 2.45. The van der Waals surface area contributed by atoms with Crippen molar-refractivity contribution in [1.82, 2.24) is 10.2 Å². The Kier molecular flexibility index (Phi) is 11.5. The van der Waals surface area contributed by atoms with Crippen molar-refractivity contribution in [3.63, 3.8) is 0 Å². The summed E-state index contributed by atoms with van der Waals surface area (Å²) in [6, 6.07) is 4.13. The van der Waals surface area contributed by atoms with Gasteiger partial charge in [0.25, 0.3) is 0 Å². The predicted octanol–water partition coefficient (Wildman–Crippen LogP) is 3.87. The number of nitrogens with two attached hydrogens (primary N) is 1. The Morgan fingerprint density at radius 3 is 2.61 bits per heavy atom. The molecule has 0 spiro atoms. The van der Waals surface area contributed by atoms with Crippen molar-refractivity contribution < 1.29 is 19.1 Å². The molecule has 3 atom stereocenters. The predicted molar refractivity (Wildman–Crippen MR) is 145 cm³/mol. The minimum atomic E-state index is -0.378. The zero-order valence-electron chi connectivity index (χ0n) is 22.5. The third-order valence-corrected chi connectivity index (χ3v) is 7.48. The van der Waals surface area contributed by atoms with Gasteiger partial charge in [-0.15, -0.1) is 0 Å². The van der Waals surface area contributed by atoms with Crippen LogP contribution in [0.3, 0.4) is 0 Å². The second-order valence-corrected chi connectivity index (χ2v) is 9.96. The number of carbonyl (C=O) groups excluding carboxylic acids is 3. The lowest BCUT2D eigenvalue weighted by atomic mass is 9.76. The average molecular weight is 498 g/mol. The van der Waals surface area contributed by atoms with Gasteiger partial charge in [-0.25, -0.2) is 0 Å². The summed E-state index contributed by atoms with van der Waals surface area (Å²) in [5.74, 6) is 0.552. The summed E-state index contributed by atoms with van der Waals surface area (Å²) < 4.78 is 6.05. The number of aldehydes is 2. The Morgan fingerprint density at radius 1 is 1.31 bits per heavy atom. The summed E-state index contributed by atoms with van der Waals surface area (Å²) in [4.78, 5) is 33.6. The molecule has 0 saturated heterocycles. The normalized spacial score (nSPS) is 19.9. The Balaban J connectivity index is 0.000000352. The first-order valence-electron chi connectivity index (χ1n) is 12.9. The SMILES string of the molecule is CCC1(CCNC(C)C2=CC=CCC2)COc2c1ccc(C=O)c2C.CN(C)C(CCC=O)C(N)=O. The van der Waals surface area contributed by atoms with Crippen molar-refractivity contribution in [1.29, 1.82) is 0 Å². The number of rotatable bonds is 12. The van der Waals surface area contributed by atoms with Gasteiger partial charge in [-0.3, -0.25) is 14.5 Å². The molecule has 1 aliphatic heterocycles. The van der Waals surface area contributed by atoms with Crippen LogP contribution in [0, 0.1) is 6.92 Å². The van der Waals surface area contributed by atoms with E-state index in [1.165, 1.54) is 11.1 Å². The number of ether oxygens (including phenoxy) is 1. The van der Waals surface area contributed by atoms with Gasteiger partial charge in [0, 0.05) is 34.6 Å². The summed E-state index contributed by atoms with van der Waals surface area (Å²) >= 11 is 0. The highest BCUT2D eigenvalue weighted by Gasteiger charge is 2.39. The van der Waals surface area contributed by atoms with Crippen LogP contribution in [0.5, 0.6) is 5.75 Å². The molecule has 0 bridgehead atoms. The minimum Gasteiger partial charge on any atom is -0.492 e. The third-order valence-electron chi connectivity index (χ3n) is 7.48. The fourth-order valence-corrected chi connectivity index (χ4v) is 4.92. The smallest absolute Gasteiger partial charge is 0.234 e. The van der Waals surface area contributed by atoms with Crippen molar-refractivity contribution >= 4 is 18.5 Å². The number of likely N-dealkylation sites (N-methyl/N-ethyl adjacent to an activating group) is 1. The number of benzene rings is 1. The van der Waals surface area contributed by atoms with Gasteiger partial charge in [0.2, 0.25) is 5.91 Å². The molecule has 36 heavy (non-hydrogen) atoms. The van der Waals surface area contributed by atoms with Crippen LogP contribution in [-0.2, 0) is 15.0 Å². The zero-order chi connectivity index (χ0) is 26.7. The molecule has 1 heterocycles. The molecule has 0 saturated carbocycles. The second kappa shape index (κ2) is 14.1. The monoisotopic (exact) mass is 497 g/mol. The molecule has 1 aromatic carbocycles. The molecule has 7 heteroatoms. The molecule has 198 valence electrons. The molecular formula is C29H43N3O4. The van der Waals surface area contributed by atoms with Crippen molar-refractivity contribution in [3.8, 4) is 5.75 Å². The fourth-order valence-electron chi connectivity index (χ4n) is 4.92. The first-order chi connectivity index (χ1) is 17.2. The molecule has 3 rings (SSSR count). The van der Waals surface area contributed by atoms with Crippen molar-refractivity contribution in [3.05, 3.63) is 52.6 Å². The van der Waals surface area contributed by atoms with E-state index in [4.69, 9.17) is 10.5 Å². The number of hydrogen-bond acceptors (Lipinski definition) is 6. The van der Waals surface area contributed by atoms with Crippen LogP contribution in [0.2, 0.25) is 0 Å². The van der Waals surface area contributed by atoms with Crippen LogP contribution in [0.4, 0.5) is 0 Å². The summed E-state index contributed by atoms with van der Waals surface area (Å²) in [7, 11) is 3.53. The highest BCUT2D eigenvalue weighted by atomic mass is 16.5. The van der Waals surface area contributed by atoms with Gasteiger partial charge in [-0.05, 0) is 66.6 Å². The van der Waals surface area contributed by atoms with Crippen molar-refractivity contribution in [2.45, 2.75) is 76.8 Å². The molecule has 0 radical (unpaired) electrons. The highest BCUT2D eigenvalue weighted by molar-refractivity contribution is 5.80. The minimum absolute atomic E-state index is 0.0507. The molecule has 3 unspecified atom stereocenters. The lowest BCUT2D eigenvalue weighted by Gasteiger charge is -2.28. The molecule has 7 nitrogen and oxygen atoms in total. The van der Waals surface area contributed by atoms with E-state index < -0.39 is 0 Å². The first kappa shape index (κ1) is 29.5. The summed E-state index contributed by atoms with van der Waals surface area (Å²) in [6.07, 6.45) is 13.6. The second-order valence-electron chi connectivity index (χ2n) is 9.96. The Hall–Kier alpha value is -2.77. The lowest BCUT2D eigenvalue weighted by Crippen LogP contribution is -2.40. The molecule has 1 aliphatic carbocycles. The number of nitrogens with one attached hydrogen (secondary N) is 1.